The fourth-order valence-corrected chi connectivity index (χ4v) is 2.02. The number of nitrogens with zero attached hydrogens (tertiary/aromatic N) is 1. The van der Waals surface area contributed by atoms with Crippen LogP contribution in [0.5, 0.6) is 0 Å². The van der Waals surface area contributed by atoms with Gasteiger partial charge in [-0.15, -0.1) is 0 Å². The Bertz CT molecular complexity index is 410. The van der Waals surface area contributed by atoms with Gasteiger partial charge in [-0.2, -0.15) is 0 Å². The van der Waals surface area contributed by atoms with Gasteiger partial charge >= 0.3 is 0 Å². The van der Waals surface area contributed by atoms with Gasteiger partial charge in [-0.25, -0.2) is 0 Å². The summed E-state index contributed by atoms with van der Waals surface area (Å²) < 4.78 is 0. The quantitative estimate of drug-likeness (QED) is 0.238. The average Bonchev–Trinajstić information content (AvgIpc) is 2.35. The first-order valence-electron chi connectivity index (χ1n) is 5.74. The zero-order valence-electron chi connectivity index (χ0n) is 10.00. The fraction of sp³-hybridized carbons (Fsp3) is 0.417. The maximum Gasteiger partial charge on any atom is 0.139 e. The standard InChI is InChI=1S/C12H17Cl2N3O/c13-10-4-3-9(11(14)8-10)5-7-16-6-1-2-12(15)17-18/h3-4,8,16,18H,1-2,5-7H2,(H2,15,17). The maximum absolute atomic E-state index is 8.36. The first-order valence-corrected chi connectivity index (χ1v) is 6.50. The van der Waals surface area contributed by atoms with Gasteiger partial charge in [-0.05, 0) is 43.6 Å². The van der Waals surface area contributed by atoms with E-state index in [0.717, 1.165) is 31.5 Å². The van der Waals surface area contributed by atoms with Gasteiger partial charge < -0.3 is 16.3 Å². The Morgan fingerprint density at radius 2 is 2.11 bits per heavy atom. The topological polar surface area (TPSA) is 70.6 Å². The van der Waals surface area contributed by atoms with Gasteiger partial charge in [0.2, 0.25) is 0 Å². The monoisotopic (exact) mass is 289 g/mol. The Morgan fingerprint density at radius 1 is 1.33 bits per heavy atom. The lowest BCUT2D eigenvalue weighted by Crippen LogP contribution is -2.21. The van der Waals surface area contributed by atoms with Crippen LogP contribution in [0.4, 0.5) is 0 Å². The first-order chi connectivity index (χ1) is 8.63. The highest BCUT2D eigenvalue weighted by Crippen LogP contribution is 2.20. The summed E-state index contributed by atoms with van der Waals surface area (Å²) in [7, 11) is 0. The lowest BCUT2D eigenvalue weighted by Gasteiger charge is -2.06. The molecule has 0 aliphatic rings. The normalized spacial score (nSPS) is 11.8. The number of nitrogens with one attached hydrogen (secondary N) is 1. The van der Waals surface area contributed by atoms with Crippen molar-refractivity contribution in [2.75, 3.05) is 13.1 Å². The predicted octanol–water partition coefficient (Wildman–Crippen LogP) is 2.65. The van der Waals surface area contributed by atoms with E-state index in [0.29, 0.717) is 16.5 Å². The summed E-state index contributed by atoms with van der Waals surface area (Å²) in [6.45, 7) is 1.65. The molecule has 0 aromatic heterocycles. The Morgan fingerprint density at radius 3 is 2.78 bits per heavy atom. The second-order valence-electron chi connectivity index (χ2n) is 3.93. The largest absolute Gasteiger partial charge is 0.409 e. The molecule has 0 bridgehead atoms. The maximum atomic E-state index is 8.36. The molecule has 6 heteroatoms. The highest BCUT2D eigenvalue weighted by atomic mass is 35.5. The van der Waals surface area contributed by atoms with E-state index in [-0.39, 0.29) is 5.84 Å². The summed E-state index contributed by atoms with van der Waals surface area (Å²) in [4.78, 5) is 0. The fourth-order valence-electron chi connectivity index (χ4n) is 1.52. The summed E-state index contributed by atoms with van der Waals surface area (Å²) in [6, 6.07) is 5.51. The van der Waals surface area contributed by atoms with Crippen LogP contribution < -0.4 is 11.1 Å². The molecule has 0 aliphatic heterocycles. The molecule has 0 amide bonds. The minimum absolute atomic E-state index is 0.262. The lowest BCUT2D eigenvalue weighted by molar-refractivity contribution is 0.316. The lowest BCUT2D eigenvalue weighted by atomic mass is 10.1. The van der Waals surface area contributed by atoms with Gasteiger partial charge in [-0.1, -0.05) is 34.4 Å². The first kappa shape index (κ1) is 15.1. The van der Waals surface area contributed by atoms with Crippen molar-refractivity contribution in [1.29, 1.82) is 0 Å². The van der Waals surface area contributed by atoms with Crippen LogP contribution in [0.2, 0.25) is 10.0 Å². The molecule has 18 heavy (non-hydrogen) atoms. The zero-order chi connectivity index (χ0) is 13.4. The van der Waals surface area contributed by atoms with Crippen LogP contribution >= 0.6 is 23.2 Å². The molecule has 4 N–H and O–H groups in total. The van der Waals surface area contributed by atoms with E-state index in [9.17, 15) is 0 Å². The molecule has 1 rings (SSSR count). The molecule has 1 aromatic carbocycles. The molecular formula is C12H17Cl2N3O. The number of nitrogens with two attached hydrogens (primary N) is 1. The Kier molecular flexibility index (Phi) is 6.86. The zero-order valence-corrected chi connectivity index (χ0v) is 11.5. The van der Waals surface area contributed by atoms with E-state index in [1.54, 1.807) is 6.07 Å². The molecule has 0 spiro atoms. The summed E-state index contributed by atoms with van der Waals surface area (Å²) in [5.74, 6) is 0.262. The highest BCUT2D eigenvalue weighted by Gasteiger charge is 2.00. The molecule has 0 radical (unpaired) electrons. The number of halogens is 2. The SMILES string of the molecule is NC(CCCNCCc1ccc(Cl)cc1Cl)=NO. The molecule has 1 aromatic rings. The molecular weight excluding hydrogens is 273 g/mol. The van der Waals surface area contributed by atoms with Gasteiger partial charge in [0, 0.05) is 16.5 Å². The number of hydrogen-bond acceptors (Lipinski definition) is 3. The Hall–Kier alpha value is -0.970. The molecule has 0 atom stereocenters. The Labute approximate surface area is 117 Å². The van der Waals surface area contributed by atoms with Crippen molar-refractivity contribution in [3.63, 3.8) is 0 Å². The van der Waals surface area contributed by atoms with Crippen LogP contribution in [0.1, 0.15) is 18.4 Å². The minimum Gasteiger partial charge on any atom is -0.409 e. The minimum atomic E-state index is 0.262. The summed E-state index contributed by atoms with van der Waals surface area (Å²) >= 11 is 11.9. The Balaban J connectivity index is 2.18. The summed E-state index contributed by atoms with van der Waals surface area (Å²) in [5, 5.41) is 15.9. The van der Waals surface area contributed by atoms with Gasteiger partial charge in [-0.3, -0.25) is 0 Å². The third-order valence-electron chi connectivity index (χ3n) is 2.50. The van der Waals surface area contributed by atoms with Crippen LogP contribution in [-0.4, -0.2) is 24.1 Å². The molecule has 100 valence electrons. The summed E-state index contributed by atoms with van der Waals surface area (Å²) in [5.41, 5.74) is 6.43. The molecule has 0 aliphatic carbocycles. The van der Waals surface area contributed by atoms with Gasteiger partial charge in [0.15, 0.2) is 0 Å². The van der Waals surface area contributed by atoms with Crippen molar-refractivity contribution in [2.24, 2.45) is 10.9 Å². The highest BCUT2D eigenvalue weighted by molar-refractivity contribution is 6.35. The van der Waals surface area contributed by atoms with Crippen molar-refractivity contribution in [3.05, 3.63) is 33.8 Å². The predicted molar refractivity (Wildman–Crippen MR) is 75.7 cm³/mol. The second kappa shape index (κ2) is 8.19. The number of amidine groups is 1. The average molecular weight is 290 g/mol. The van der Waals surface area contributed by atoms with E-state index in [1.165, 1.54) is 0 Å². The van der Waals surface area contributed by atoms with E-state index in [4.69, 9.17) is 34.1 Å². The number of hydrogen-bond donors (Lipinski definition) is 3. The third-order valence-corrected chi connectivity index (χ3v) is 3.09. The molecule has 0 unspecified atom stereocenters. The van der Waals surface area contributed by atoms with E-state index in [2.05, 4.69) is 10.5 Å². The van der Waals surface area contributed by atoms with Crippen LogP contribution in [0.3, 0.4) is 0 Å². The molecule has 0 saturated heterocycles. The van der Waals surface area contributed by atoms with Crippen molar-refractivity contribution >= 4 is 29.0 Å². The van der Waals surface area contributed by atoms with E-state index >= 15 is 0 Å². The van der Waals surface area contributed by atoms with Crippen LogP contribution in [0.15, 0.2) is 23.4 Å². The van der Waals surface area contributed by atoms with Gasteiger partial charge in [0.1, 0.15) is 5.84 Å². The molecule has 0 saturated carbocycles. The van der Waals surface area contributed by atoms with E-state index < -0.39 is 0 Å². The van der Waals surface area contributed by atoms with Crippen molar-refractivity contribution in [3.8, 4) is 0 Å². The number of rotatable bonds is 7. The third kappa shape index (κ3) is 5.58. The number of oxime groups is 1. The molecule has 0 fully saturated rings. The summed E-state index contributed by atoms with van der Waals surface area (Å²) in [6.07, 6.45) is 2.27. The van der Waals surface area contributed by atoms with E-state index in [1.807, 2.05) is 12.1 Å². The molecule has 0 heterocycles. The van der Waals surface area contributed by atoms with Crippen LogP contribution in [0.25, 0.3) is 0 Å². The van der Waals surface area contributed by atoms with Crippen LogP contribution in [0, 0.1) is 0 Å². The van der Waals surface area contributed by atoms with Gasteiger partial charge in [0.25, 0.3) is 0 Å². The van der Waals surface area contributed by atoms with Crippen molar-refractivity contribution in [1.82, 2.24) is 5.32 Å². The van der Waals surface area contributed by atoms with Crippen molar-refractivity contribution in [2.45, 2.75) is 19.3 Å². The number of benzene rings is 1. The molecule has 4 nitrogen and oxygen atoms in total. The van der Waals surface area contributed by atoms with Crippen LogP contribution in [-0.2, 0) is 6.42 Å². The smallest absolute Gasteiger partial charge is 0.139 e. The van der Waals surface area contributed by atoms with Crippen molar-refractivity contribution < 1.29 is 5.21 Å². The van der Waals surface area contributed by atoms with Gasteiger partial charge in [0.05, 0.1) is 0 Å². The second-order valence-corrected chi connectivity index (χ2v) is 4.77.